The number of hydrogen-bond acceptors (Lipinski definition) is 2. The van der Waals surface area contributed by atoms with Crippen LogP contribution >= 0.6 is 0 Å². The Hall–Kier alpha value is -2.37. The maximum atomic E-state index is 13.5. The van der Waals surface area contributed by atoms with Gasteiger partial charge in [-0.2, -0.15) is 0 Å². The number of carboxylic acid groups (broad SMARTS) is 1. The molecule has 0 heterocycles. The number of anilines is 1. The fourth-order valence-electron chi connectivity index (χ4n) is 1.24. The standard InChI is InChI=1S/C12H13FN2O3/c1-3-7(2)14-12(18)15-10-8(11(16)17)5-4-6-9(10)13/h3-7H,1H2,2H3,(H,16,17)(H2,14,15,18). The minimum absolute atomic E-state index is 0.309. The van der Waals surface area contributed by atoms with Gasteiger partial charge in [0.25, 0.3) is 0 Å². The van der Waals surface area contributed by atoms with E-state index in [2.05, 4.69) is 17.2 Å². The zero-order valence-electron chi connectivity index (χ0n) is 9.74. The molecule has 6 heteroatoms. The highest BCUT2D eigenvalue weighted by molar-refractivity contribution is 6.00. The van der Waals surface area contributed by atoms with Crippen LogP contribution in [0.15, 0.2) is 30.9 Å². The molecule has 0 saturated carbocycles. The summed E-state index contributed by atoms with van der Waals surface area (Å²) in [6.45, 7) is 5.15. The summed E-state index contributed by atoms with van der Waals surface area (Å²) >= 11 is 0. The van der Waals surface area contributed by atoms with Crippen LogP contribution in [0.1, 0.15) is 17.3 Å². The molecule has 0 aromatic heterocycles. The Kier molecular flexibility index (Phi) is 4.42. The van der Waals surface area contributed by atoms with Crippen molar-refractivity contribution in [2.75, 3.05) is 5.32 Å². The van der Waals surface area contributed by atoms with Crippen LogP contribution in [-0.4, -0.2) is 23.1 Å². The van der Waals surface area contributed by atoms with E-state index in [9.17, 15) is 14.0 Å². The molecule has 1 aromatic carbocycles. The lowest BCUT2D eigenvalue weighted by molar-refractivity contribution is 0.0697. The first-order valence-corrected chi connectivity index (χ1v) is 5.17. The van der Waals surface area contributed by atoms with Crippen molar-refractivity contribution in [2.45, 2.75) is 13.0 Å². The smallest absolute Gasteiger partial charge is 0.337 e. The fraction of sp³-hybridized carbons (Fsp3) is 0.167. The molecular weight excluding hydrogens is 239 g/mol. The van der Waals surface area contributed by atoms with E-state index >= 15 is 0 Å². The third kappa shape index (κ3) is 3.31. The van der Waals surface area contributed by atoms with Crippen molar-refractivity contribution in [3.05, 3.63) is 42.2 Å². The van der Waals surface area contributed by atoms with E-state index in [0.717, 1.165) is 6.07 Å². The summed E-state index contributed by atoms with van der Waals surface area (Å²) < 4.78 is 13.5. The molecule has 96 valence electrons. The van der Waals surface area contributed by atoms with Crippen LogP contribution in [-0.2, 0) is 0 Å². The minimum Gasteiger partial charge on any atom is -0.478 e. The lowest BCUT2D eigenvalue weighted by atomic mass is 10.1. The first kappa shape index (κ1) is 13.7. The van der Waals surface area contributed by atoms with E-state index in [1.807, 2.05) is 0 Å². The van der Waals surface area contributed by atoms with Gasteiger partial charge in [0.2, 0.25) is 0 Å². The summed E-state index contributed by atoms with van der Waals surface area (Å²) in [7, 11) is 0. The van der Waals surface area contributed by atoms with Crippen molar-refractivity contribution in [1.29, 1.82) is 0 Å². The highest BCUT2D eigenvalue weighted by Gasteiger charge is 2.16. The maximum absolute atomic E-state index is 13.5. The molecule has 0 radical (unpaired) electrons. The Morgan fingerprint density at radius 3 is 2.72 bits per heavy atom. The number of carbonyl (C=O) groups excluding carboxylic acids is 1. The number of carbonyl (C=O) groups is 2. The van der Waals surface area contributed by atoms with Gasteiger partial charge in [-0.1, -0.05) is 12.1 Å². The molecule has 0 saturated heterocycles. The molecule has 1 aromatic rings. The molecule has 0 aliphatic heterocycles. The number of aromatic carboxylic acids is 1. The summed E-state index contributed by atoms with van der Waals surface area (Å²) in [4.78, 5) is 22.4. The molecule has 2 amide bonds. The molecule has 1 atom stereocenters. The predicted octanol–water partition coefficient (Wildman–Crippen LogP) is 2.22. The van der Waals surface area contributed by atoms with Gasteiger partial charge in [-0.25, -0.2) is 14.0 Å². The number of halogens is 1. The van der Waals surface area contributed by atoms with Gasteiger partial charge in [0, 0.05) is 6.04 Å². The van der Waals surface area contributed by atoms with Crippen molar-refractivity contribution < 1.29 is 19.1 Å². The molecule has 1 rings (SSSR count). The van der Waals surface area contributed by atoms with Crippen LogP contribution in [0.5, 0.6) is 0 Å². The highest BCUT2D eigenvalue weighted by Crippen LogP contribution is 2.19. The average Bonchev–Trinajstić information content (AvgIpc) is 2.31. The van der Waals surface area contributed by atoms with Crippen LogP contribution in [0.2, 0.25) is 0 Å². The monoisotopic (exact) mass is 252 g/mol. The zero-order valence-corrected chi connectivity index (χ0v) is 9.74. The number of rotatable bonds is 4. The van der Waals surface area contributed by atoms with Gasteiger partial charge in [-0.3, -0.25) is 0 Å². The molecule has 5 nitrogen and oxygen atoms in total. The first-order valence-electron chi connectivity index (χ1n) is 5.17. The Balaban J connectivity index is 2.93. The molecule has 18 heavy (non-hydrogen) atoms. The largest absolute Gasteiger partial charge is 0.478 e. The van der Waals surface area contributed by atoms with Crippen LogP contribution in [0.3, 0.4) is 0 Å². The number of amides is 2. The number of benzene rings is 1. The summed E-state index contributed by atoms with van der Waals surface area (Å²) in [6, 6.07) is 2.52. The number of para-hydroxylation sites is 1. The van der Waals surface area contributed by atoms with Crippen molar-refractivity contribution >= 4 is 17.7 Å². The summed E-state index contributed by atoms with van der Waals surface area (Å²) in [5.41, 5.74) is -0.671. The van der Waals surface area contributed by atoms with Gasteiger partial charge < -0.3 is 15.7 Å². The summed E-state index contributed by atoms with van der Waals surface area (Å²) in [6.07, 6.45) is 1.49. The second-order valence-electron chi connectivity index (χ2n) is 3.59. The lowest BCUT2D eigenvalue weighted by Crippen LogP contribution is -2.35. The maximum Gasteiger partial charge on any atom is 0.337 e. The first-order chi connectivity index (χ1) is 8.45. The molecule has 0 aliphatic carbocycles. The Morgan fingerprint density at radius 2 is 2.17 bits per heavy atom. The lowest BCUT2D eigenvalue weighted by Gasteiger charge is -2.12. The predicted molar refractivity (Wildman–Crippen MR) is 65.2 cm³/mol. The van der Waals surface area contributed by atoms with Crippen LogP contribution in [0.4, 0.5) is 14.9 Å². The van der Waals surface area contributed by atoms with E-state index < -0.39 is 17.8 Å². The number of carboxylic acids is 1. The molecule has 0 fully saturated rings. The van der Waals surface area contributed by atoms with Gasteiger partial charge in [0.05, 0.1) is 11.3 Å². The average molecular weight is 252 g/mol. The second kappa shape index (κ2) is 5.81. The van der Waals surface area contributed by atoms with Gasteiger partial charge in [0.1, 0.15) is 5.82 Å². The van der Waals surface area contributed by atoms with E-state index in [1.165, 1.54) is 18.2 Å². The third-order valence-corrected chi connectivity index (χ3v) is 2.19. The highest BCUT2D eigenvalue weighted by atomic mass is 19.1. The normalized spacial score (nSPS) is 11.4. The Bertz CT molecular complexity index is 488. The molecule has 3 N–H and O–H groups in total. The molecule has 1 unspecified atom stereocenters. The van der Waals surface area contributed by atoms with Gasteiger partial charge in [-0.05, 0) is 19.1 Å². The molecule has 0 spiro atoms. The van der Waals surface area contributed by atoms with Crippen LogP contribution in [0, 0.1) is 5.82 Å². The van der Waals surface area contributed by atoms with Crippen molar-refractivity contribution in [3.63, 3.8) is 0 Å². The van der Waals surface area contributed by atoms with Crippen LogP contribution in [0.25, 0.3) is 0 Å². The van der Waals surface area contributed by atoms with Crippen molar-refractivity contribution in [1.82, 2.24) is 5.32 Å². The van der Waals surface area contributed by atoms with E-state index in [1.54, 1.807) is 6.92 Å². The van der Waals surface area contributed by atoms with E-state index in [-0.39, 0.29) is 17.3 Å². The number of hydrogen-bond donors (Lipinski definition) is 3. The van der Waals surface area contributed by atoms with Crippen molar-refractivity contribution in [2.24, 2.45) is 0 Å². The summed E-state index contributed by atoms with van der Waals surface area (Å²) in [5.74, 6) is -2.13. The van der Waals surface area contributed by atoms with Crippen molar-refractivity contribution in [3.8, 4) is 0 Å². The second-order valence-corrected chi connectivity index (χ2v) is 3.59. The number of nitrogens with one attached hydrogen (secondary N) is 2. The topological polar surface area (TPSA) is 78.4 Å². The number of urea groups is 1. The molecule has 0 bridgehead atoms. The van der Waals surface area contributed by atoms with Crippen LogP contribution < -0.4 is 10.6 Å². The van der Waals surface area contributed by atoms with E-state index in [4.69, 9.17) is 5.11 Å². The van der Waals surface area contributed by atoms with Gasteiger partial charge in [-0.15, -0.1) is 6.58 Å². The molecule has 0 aliphatic rings. The van der Waals surface area contributed by atoms with Gasteiger partial charge >= 0.3 is 12.0 Å². The fourth-order valence-corrected chi connectivity index (χ4v) is 1.24. The SMILES string of the molecule is C=CC(C)NC(=O)Nc1c(F)cccc1C(=O)O. The third-order valence-electron chi connectivity index (χ3n) is 2.19. The Labute approximate surface area is 103 Å². The minimum atomic E-state index is -1.32. The quantitative estimate of drug-likeness (QED) is 0.719. The molecular formula is C12H13FN2O3. The zero-order chi connectivity index (χ0) is 13.7. The van der Waals surface area contributed by atoms with Gasteiger partial charge in [0.15, 0.2) is 0 Å². The van der Waals surface area contributed by atoms with E-state index in [0.29, 0.717) is 0 Å². The Morgan fingerprint density at radius 1 is 1.50 bits per heavy atom. The summed E-state index contributed by atoms with van der Waals surface area (Å²) in [5, 5.41) is 13.5.